The normalized spacial score (nSPS) is 16.1. The largest absolute Gasteiger partial charge is 0.384 e. The third-order valence-electron chi connectivity index (χ3n) is 3.27. The molecule has 0 unspecified atom stereocenters. The van der Waals surface area contributed by atoms with E-state index in [2.05, 4.69) is 30.8 Å². The van der Waals surface area contributed by atoms with E-state index in [0.717, 1.165) is 25.8 Å². The molecule has 1 aromatic carbocycles. The van der Waals surface area contributed by atoms with Gasteiger partial charge in [0.15, 0.2) is 0 Å². The van der Waals surface area contributed by atoms with E-state index in [1.54, 1.807) is 12.1 Å². The van der Waals surface area contributed by atoms with Crippen LogP contribution in [0.5, 0.6) is 0 Å². The molecule has 1 aliphatic carbocycles. The lowest BCUT2D eigenvalue weighted by molar-refractivity contribution is 0.389. The monoisotopic (exact) mass is 296 g/mol. The topological polar surface area (TPSA) is 58.2 Å². The highest BCUT2D eigenvalue weighted by molar-refractivity contribution is 7.89. The quantitative estimate of drug-likeness (QED) is 0.848. The maximum Gasteiger partial charge on any atom is 0.242 e. The van der Waals surface area contributed by atoms with Crippen molar-refractivity contribution in [1.29, 1.82) is 0 Å². The standard InChI is InChI=1S/C15H24N2O2S/c1-15(2,3)10-11-16-13-6-4-5-7-14(13)20(18,19)17-12-8-9-12/h4-7,12,16-17H,8-11H2,1-3H3. The van der Waals surface area contributed by atoms with Crippen LogP contribution in [0.4, 0.5) is 5.69 Å². The highest BCUT2D eigenvalue weighted by atomic mass is 32.2. The summed E-state index contributed by atoms with van der Waals surface area (Å²) in [5, 5.41) is 3.25. The number of rotatable bonds is 6. The van der Waals surface area contributed by atoms with E-state index in [0.29, 0.717) is 10.6 Å². The summed E-state index contributed by atoms with van der Waals surface area (Å²) in [6, 6.07) is 7.22. The van der Waals surface area contributed by atoms with Gasteiger partial charge < -0.3 is 5.32 Å². The summed E-state index contributed by atoms with van der Waals surface area (Å²) in [6.07, 6.45) is 2.87. The fourth-order valence-corrected chi connectivity index (χ4v) is 3.39. The lowest BCUT2D eigenvalue weighted by Crippen LogP contribution is -2.26. The number of para-hydroxylation sites is 1. The van der Waals surface area contributed by atoms with E-state index >= 15 is 0 Å². The van der Waals surface area contributed by atoms with E-state index < -0.39 is 10.0 Å². The molecule has 5 heteroatoms. The fourth-order valence-electron chi connectivity index (χ4n) is 1.90. The summed E-state index contributed by atoms with van der Waals surface area (Å²) in [6.45, 7) is 7.28. The maximum absolute atomic E-state index is 12.3. The van der Waals surface area contributed by atoms with Crippen LogP contribution < -0.4 is 10.0 Å². The van der Waals surface area contributed by atoms with Gasteiger partial charge in [0.25, 0.3) is 0 Å². The molecule has 0 atom stereocenters. The second-order valence-electron chi connectivity index (χ2n) is 6.63. The van der Waals surface area contributed by atoms with Crippen LogP contribution in [0.2, 0.25) is 0 Å². The average Bonchev–Trinajstić information content (AvgIpc) is 3.11. The summed E-state index contributed by atoms with van der Waals surface area (Å²) in [5.41, 5.74) is 0.914. The van der Waals surface area contributed by atoms with E-state index in [9.17, 15) is 8.42 Å². The molecule has 2 N–H and O–H groups in total. The van der Waals surface area contributed by atoms with Crippen LogP contribution in [0.1, 0.15) is 40.0 Å². The molecular formula is C15H24N2O2S. The number of hydrogen-bond donors (Lipinski definition) is 2. The number of anilines is 1. The van der Waals surface area contributed by atoms with Crippen molar-refractivity contribution in [3.05, 3.63) is 24.3 Å². The predicted octanol–water partition coefficient (Wildman–Crippen LogP) is 2.98. The van der Waals surface area contributed by atoms with Crippen molar-refractivity contribution in [2.45, 2.75) is 51.0 Å². The van der Waals surface area contributed by atoms with Crippen LogP contribution in [0.3, 0.4) is 0 Å². The Balaban J connectivity index is 2.09. The van der Waals surface area contributed by atoms with Gasteiger partial charge in [0, 0.05) is 12.6 Å². The zero-order valence-electron chi connectivity index (χ0n) is 12.4. The summed E-state index contributed by atoms with van der Waals surface area (Å²) in [4.78, 5) is 0.348. The molecule has 2 rings (SSSR count). The Morgan fingerprint density at radius 3 is 2.45 bits per heavy atom. The Morgan fingerprint density at radius 1 is 1.20 bits per heavy atom. The van der Waals surface area contributed by atoms with Crippen LogP contribution in [-0.4, -0.2) is 21.0 Å². The van der Waals surface area contributed by atoms with Gasteiger partial charge in [-0.3, -0.25) is 0 Å². The average molecular weight is 296 g/mol. The summed E-state index contributed by atoms with van der Waals surface area (Å²) in [5.74, 6) is 0. The smallest absolute Gasteiger partial charge is 0.242 e. The minimum atomic E-state index is -3.41. The van der Waals surface area contributed by atoms with Crippen molar-refractivity contribution in [3.63, 3.8) is 0 Å². The van der Waals surface area contributed by atoms with Gasteiger partial charge in [0.2, 0.25) is 10.0 Å². The molecular weight excluding hydrogens is 272 g/mol. The summed E-state index contributed by atoms with van der Waals surface area (Å²) < 4.78 is 27.4. The molecule has 112 valence electrons. The Bertz CT molecular complexity index is 557. The van der Waals surface area contributed by atoms with E-state index in [-0.39, 0.29) is 11.5 Å². The van der Waals surface area contributed by atoms with Gasteiger partial charge in [-0.2, -0.15) is 0 Å². The molecule has 1 saturated carbocycles. The van der Waals surface area contributed by atoms with E-state index in [1.165, 1.54) is 0 Å². The molecule has 0 spiro atoms. The second kappa shape index (κ2) is 5.74. The molecule has 0 bridgehead atoms. The second-order valence-corrected chi connectivity index (χ2v) is 8.31. The Labute approximate surface area is 122 Å². The zero-order chi connectivity index (χ0) is 14.8. The summed E-state index contributed by atoms with van der Waals surface area (Å²) in [7, 11) is -3.41. The molecule has 0 aromatic heterocycles. The number of sulfonamides is 1. The minimum Gasteiger partial charge on any atom is -0.384 e. The molecule has 20 heavy (non-hydrogen) atoms. The van der Waals surface area contributed by atoms with Crippen LogP contribution in [0, 0.1) is 5.41 Å². The fraction of sp³-hybridized carbons (Fsp3) is 0.600. The van der Waals surface area contributed by atoms with Crippen molar-refractivity contribution in [2.24, 2.45) is 5.41 Å². The molecule has 1 fully saturated rings. The van der Waals surface area contributed by atoms with Gasteiger partial charge in [0.1, 0.15) is 4.90 Å². The first-order valence-corrected chi connectivity index (χ1v) is 8.61. The van der Waals surface area contributed by atoms with Crippen LogP contribution in [-0.2, 0) is 10.0 Å². The van der Waals surface area contributed by atoms with Crippen LogP contribution in [0.25, 0.3) is 0 Å². The van der Waals surface area contributed by atoms with Crippen LogP contribution in [0.15, 0.2) is 29.2 Å². The van der Waals surface area contributed by atoms with Crippen molar-refractivity contribution >= 4 is 15.7 Å². The Morgan fingerprint density at radius 2 is 1.85 bits per heavy atom. The number of nitrogens with one attached hydrogen (secondary N) is 2. The molecule has 1 aliphatic rings. The van der Waals surface area contributed by atoms with Gasteiger partial charge in [-0.25, -0.2) is 13.1 Å². The zero-order valence-corrected chi connectivity index (χ0v) is 13.3. The first-order valence-electron chi connectivity index (χ1n) is 7.13. The minimum absolute atomic E-state index is 0.127. The van der Waals surface area contributed by atoms with Crippen molar-refractivity contribution < 1.29 is 8.42 Å². The molecule has 0 heterocycles. The van der Waals surface area contributed by atoms with Crippen molar-refractivity contribution in [3.8, 4) is 0 Å². The van der Waals surface area contributed by atoms with Gasteiger partial charge in [0.05, 0.1) is 5.69 Å². The van der Waals surface area contributed by atoms with Gasteiger partial charge >= 0.3 is 0 Å². The van der Waals surface area contributed by atoms with Crippen LogP contribution >= 0.6 is 0 Å². The maximum atomic E-state index is 12.3. The molecule has 0 aliphatic heterocycles. The van der Waals surface area contributed by atoms with Crippen molar-refractivity contribution in [1.82, 2.24) is 4.72 Å². The highest BCUT2D eigenvalue weighted by Crippen LogP contribution is 2.26. The molecule has 0 saturated heterocycles. The molecule has 0 amide bonds. The molecule has 0 radical (unpaired) electrons. The third kappa shape index (κ3) is 4.49. The highest BCUT2D eigenvalue weighted by Gasteiger charge is 2.29. The number of benzene rings is 1. The van der Waals surface area contributed by atoms with Gasteiger partial charge in [-0.15, -0.1) is 0 Å². The van der Waals surface area contributed by atoms with Crippen molar-refractivity contribution in [2.75, 3.05) is 11.9 Å². The SMILES string of the molecule is CC(C)(C)CCNc1ccccc1S(=O)(=O)NC1CC1. The first kappa shape index (κ1) is 15.3. The van der Waals surface area contributed by atoms with E-state index in [4.69, 9.17) is 0 Å². The molecule has 4 nitrogen and oxygen atoms in total. The van der Waals surface area contributed by atoms with E-state index in [1.807, 2.05) is 12.1 Å². The van der Waals surface area contributed by atoms with Gasteiger partial charge in [-0.05, 0) is 36.8 Å². The Kier molecular flexibility index (Phi) is 4.39. The summed E-state index contributed by atoms with van der Waals surface area (Å²) >= 11 is 0. The van der Waals surface area contributed by atoms with Gasteiger partial charge in [-0.1, -0.05) is 32.9 Å². The number of hydrogen-bond acceptors (Lipinski definition) is 3. The lowest BCUT2D eigenvalue weighted by Gasteiger charge is -2.19. The first-order chi connectivity index (χ1) is 9.28. The third-order valence-corrected chi connectivity index (χ3v) is 4.84. The Hall–Kier alpha value is -1.07. The lowest BCUT2D eigenvalue weighted by atomic mass is 9.92. The molecule has 1 aromatic rings. The predicted molar refractivity (Wildman–Crippen MR) is 82.3 cm³/mol.